The van der Waals surface area contributed by atoms with Crippen LogP contribution in [0.5, 0.6) is 5.75 Å². The van der Waals surface area contributed by atoms with Crippen molar-refractivity contribution >= 4 is 32.9 Å². The Labute approximate surface area is 194 Å². The molecule has 0 aliphatic carbocycles. The second-order valence-corrected chi connectivity index (χ2v) is 10.9. The van der Waals surface area contributed by atoms with Crippen LogP contribution in [0.25, 0.3) is 5.57 Å². The number of hydrogen-bond donors (Lipinski definition) is 2. The van der Waals surface area contributed by atoms with Crippen molar-refractivity contribution in [3.8, 4) is 5.75 Å². The van der Waals surface area contributed by atoms with E-state index in [1.54, 1.807) is 18.2 Å². The number of nitrogens with zero attached hydrogens (tertiary/aromatic N) is 1. The van der Waals surface area contributed by atoms with E-state index in [1.807, 2.05) is 11.9 Å². The average Bonchev–Trinajstić information content (AvgIpc) is 2.70. The van der Waals surface area contributed by atoms with Crippen LogP contribution >= 0.6 is 0 Å². The monoisotopic (exact) mass is 493 g/mol. The number of halogens is 3. The van der Waals surface area contributed by atoms with Gasteiger partial charge in [-0.15, -0.1) is 0 Å². The Balaban J connectivity index is 1.43. The van der Waals surface area contributed by atoms with Crippen molar-refractivity contribution in [1.82, 2.24) is 4.90 Å². The smallest absolute Gasteiger partial charge is 0.416 e. The summed E-state index contributed by atoms with van der Waals surface area (Å²) >= 11 is 0. The Hall–Kier alpha value is -3.05. The molecular formula is C23H22F3N3O4S. The lowest BCUT2D eigenvalue weighted by molar-refractivity contribution is -0.138. The molecule has 0 radical (unpaired) electrons. The third-order valence-electron chi connectivity index (χ3n) is 6.20. The van der Waals surface area contributed by atoms with Crippen LogP contribution < -0.4 is 14.8 Å². The van der Waals surface area contributed by atoms with E-state index in [9.17, 15) is 26.4 Å². The number of anilines is 2. The van der Waals surface area contributed by atoms with Gasteiger partial charge in [0.05, 0.1) is 17.0 Å². The van der Waals surface area contributed by atoms with Gasteiger partial charge < -0.3 is 10.1 Å². The zero-order valence-electron chi connectivity index (χ0n) is 18.2. The second kappa shape index (κ2) is 7.74. The number of carbonyl (C=O) groups is 1. The van der Waals surface area contributed by atoms with Crippen molar-refractivity contribution in [2.75, 3.05) is 35.9 Å². The lowest BCUT2D eigenvalue weighted by atomic mass is 9.81. The molecule has 5 rings (SSSR count). The van der Waals surface area contributed by atoms with Crippen molar-refractivity contribution in [1.29, 1.82) is 0 Å². The standard InChI is InChI=1S/C23H22F3N3O4S/c1-29-12-22(13-29)11-15(18-5-3-16(23(24,25)26)9-20(18)33-22)8-21(30)27-17-4-2-14-6-7-34(31,32)28-19(14)10-17/h2-5,8-10,28H,6-7,11-13H2,1H3,(H,27,30). The zero-order chi connectivity index (χ0) is 24.3. The minimum Gasteiger partial charge on any atom is -0.484 e. The number of fused-ring (bicyclic) bond motifs is 2. The molecule has 0 unspecified atom stereocenters. The molecular weight excluding hydrogens is 471 g/mol. The van der Waals surface area contributed by atoms with Crippen LogP contribution in [0.3, 0.4) is 0 Å². The third-order valence-corrected chi connectivity index (χ3v) is 7.47. The quantitative estimate of drug-likeness (QED) is 0.626. The molecule has 1 fully saturated rings. The highest BCUT2D eigenvalue weighted by Crippen LogP contribution is 2.46. The largest absolute Gasteiger partial charge is 0.484 e. The molecule has 11 heteroatoms. The van der Waals surface area contributed by atoms with Crippen LogP contribution in [0, 0.1) is 0 Å². The predicted molar refractivity (Wildman–Crippen MR) is 121 cm³/mol. The number of nitrogens with one attached hydrogen (secondary N) is 2. The lowest BCUT2D eigenvalue weighted by Gasteiger charge is -2.51. The van der Waals surface area contributed by atoms with E-state index in [0.717, 1.165) is 17.7 Å². The SMILES string of the molecule is CN1CC2(CC(=CC(=O)Nc3ccc4c(c3)NS(=O)(=O)CC4)c3ccc(C(F)(F)F)cc3O2)C1. The number of likely N-dealkylation sites (tertiary alicyclic amines) is 1. The number of hydrogen-bond acceptors (Lipinski definition) is 5. The molecule has 0 aromatic heterocycles. The first-order valence-electron chi connectivity index (χ1n) is 10.7. The van der Waals surface area contributed by atoms with Crippen LogP contribution in [0.2, 0.25) is 0 Å². The average molecular weight is 494 g/mol. The van der Waals surface area contributed by atoms with Crippen molar-refractivity contribution < 1.29 is 31.1 Å². The molecule has 1 spiro atoms. The number of likely N-dealkylation sites (N-methyl/N-ethyl adjacent to an activating group) is 1. The maximum Gasteiger partial charge on any atom is 0.416 e. The molecule has 3 heterocycles. The molecule has 3 aliphatic rings. The molecule has 180 valence electrons. The summed E-state index contributed by atoms with van der Waals surface area (Å²) in [6, 6.07) is 8.29. The molecule has 2 aromatic rings. The molecule has 1 amide bonds. The van der Waals surface area contributed by atoms with Crippen LogP contribution in [0.15, 0.2) is 42.5 Å². The Bertz CT molecular complexity index is 1320. The lowest BCUT2D eigenvalue weighted by Crippen LogP contribution is -2.64. The molecule has 1 saturated heterocycles. The fraction of sp³-hybridized carbons (Fsp3) is 0.348. The number of amides is 1. The Morgan fingerprint density at radius 1 is 1.21 bits per heavy atom. The van der Waals surface area contributed by atoms with E-state index in [4.69, 9.17) is 4.74 Å². The van der Waals surface area contributed by atoms with Gasteiger partial charge in [0.1, 0.15) is 11.4 Å². The van der Waals surface area contributed by atoms with Gasteiger partial charge in [0.25, 0.3) is 0 Å². The van der Waals surface area contributed by atoms with E-state index in [1.165, 1.54) is 12.1 Å². The maximum atomic E-state index is 13.2. The van der Waals surface area contributed by atoms with Crippen molar-refractivity contribution in [2.24, 2.45) is 0 Å². The van der Waals surface area contributed by atoms with Gasteiger partial charge >= 0.3 is 6.18 Å². The van der Waals surface area contributed by atoms with Gasteiger partial charge in [-0.1, -0.05) is 12.1 Å². The summed E-state index contributed by atoms with van der Waals surface area (Å²) in [5, 5.41) is 2.72. The van der Waals surface area contributed by atoms with Gasteiger partial charge in [-0.3, -0.25) is 14.4 Å². The minimum atomic E-state index is -4.51. The molecule has 0 bridgehead atoms. The first-order valence-corrected chi connectivity index (χ1v) is 12.3. The molecule has 0 saturated carbocycles. The second-order valence-electron chi connectivity index (χ2n) is 9.04. The Kier molecular flexibility index (Phi) is 5.17. The molecule has 7 nitrogen and oxygen atoms in total. The normalized spacial score (nSPS) is 21.6. The molecule has 2 aromatic carbocycles. The van der Waals surface area contributed by atoms with Crippen LogP contribution in [-0.4, -0.2) is 50.7 Å². The van der Waals surface area contributed by atoms with Gasteiger partial charge in [-0.05, 0) is 48.9 Å². The summed E-state index contributed by atoms with van der Waals surface area (Å²) in [7, 11) is -1.51. The Morgan fingerprint density at radius 3 is 2.68 bits per heavy atom. The molecule has 34 heavy (non-hydrogen) atoms. The molecule has 3 aliphatic heterocycles. The van der Waals surface area contributed by atoms with Gasteiger partial charge in [0, 0.05) is 36.8 Å². The first-order chi connectivity index (χ1) is 15.9. The topological polar surface area (TPSA) is 87.7 Å². The number of benzene rings is 2. The van der Waals surface area contributed by atoms with Crippen LogP contribution in [0.4, 0.5) is 24.5 Å². The van der Waals surface area contributed by atoms with Crippen molar-refractivity contribution in [2.45, 2.75) is 24.6 Å². The number of carbonyl (C=O) groups excluding carboxylic acids is 1. The summed E-state index contributed by atoms with van der Waals surface area (Å²) in [6.45, 7) is 1.07. The maximum absolute atomic E-state index is 13.2. The van der Waals surface area contributed by atoms with Gasteiger partial charge in [-0.25, -0.2) is 8.42 Å². The van der Waals surface area contributed by atoms with Crippen LogP contribution in [0.1, 0.15) is 23.1 Å². The first kappa shape index (κ1) is 22.7. The molecule has 0 atom stereocenters. The van der Waals surface area contributed by atoms with Gasteiger partial charge in [-0.2, -0.15) is 13.2 Å². The van der Waals surface area contributed by atoms with Gasteiger partial charge in [0.2, 0.25) is 15.9 Å². The summed E-state index contributed by atoms with van der Waals surface area (Å²) in [4.78, 5) is 14.8. The number of ether oxygens (including phenoxy) is 1. The van der Waals surface area contributed by atoms with Crippen molar-refractivity contribution in [3.63, 3.8) is 0 Å². The summed E-state index contributed by atoms with van der Waals surface area (Å²) < 4.78 is 71.9. The number of rotatable bonds is 2. The van der Waals surface area contributed by atoms with E-state index in [-0.39, 0.29) is 11.5 Å². The molecule has 2 N–H and O–H groups in total. The van der Waals surface area contributed by atoms with E-state index in [2.05, 4.69) is 10.0 Å². The summed E-state index contributed by atoms with van der Waals surface area (Å²) in [5.74, 6) is -0.354. The predicted octanol–water partition coefficient (Wildman–Crippen LogP) is 3.49. The van der Waals surface area contributed by atoms with Crippen molar-refractivity contribution in [3.05, 3.63) is 59.2 Å². The highest BCUT2D eigenvalue weighted by molar-refractivity contribution is 7.92. The van der Waals surface area contributed by atoms with E-state index in [0.29, 0.717) is 48.4 Å². The fourth-order valence-electron chi connectivity index (χ4n) is 4.77. The number of alkyl halides is 3. The number of aryl methyl sites for hydroxylation is 1. The third kappa shape index (κ3) is 4.37. The summed E-state index contributed by atoms with van der Waals surface area (Å²) in [6.07, 6.45) is -2.36. The highest BCUT2D eigenvalue weighted by Gasteiger charge is 2.47. The zero-order valence-corrected chi connectivity index (χ0v) is 19.0. The number of sulfonamides is 1. The van der Waals surface area contributed by atoms with E-state index < -0.39 is 33.3 Å². The summed E-state index contributed by atoms with van der Waals surface area (Å²) in [5.41, 5.74) is 1.20. The van der Waals surface area contributed by atoms with E-state index >= 15 is 0 Å². The van der Waals surface area contributed by atoms with Crippen LogP contribution in [-0.2, 0) is 27.4 Å². The Morgan fingerprint density at radius 2 is 1.97 bits per heavy atom. The minimum absolute atomic E-state index is 0.00623. The van der Waals surface area contributed by atoms with Gasteiger partial charge in [0.15, 0.2) is 0 Å². The highest BCUT2D eigenvalue weighted by atomic mass is 32.2. The fourth-order valence-corrected chi connectivity index (χ4v) is 5.89.